The molecule has 0 bridgehead atoms. The molecule has 0 aromatic heterocycles. The average Bonchev–Trinajstić information content (AvgIpc) is 2.70. The molecule has 26 heavy (non-hydrogen) atoms. The monoisotopic (exact) mass is 350 g/mol. The SMILES string of the molecule is c1ccc(CN2CCOC(CN3CCC(c4ccccc4)CC3)C2)cc1. The van der Waals surface area contributed by atoms with Crippen molar-refractivity contribution in [1.29, 1.82) is 0 Å². The van der Waals surface area contributed by atoms with Gasteiger partial charge in [-0.15, -0.1) is 0 Å². The van der Waals surface area contributed by atoms with Crippen LogP contribution in [0.1, 0.15) is 29.9 Å². The predicted molar refractivity (Wildman–Crippen MR) is 106 cm³/mol. The average molecular weight is 351 g/mol. The summed E-state index contributed by atoms with van der Waals surface area (Å²) < 4.78 is 6.08. The van der Waals surface area contributed by atoms with Crippen molar-refractivity contribution in [3.8, 4) is 0 Å². The fourth-order valence-electron chi connectivity index (χ4n) is 4.34. The van der Waals surface area contributed by atoms with Gasteiger partial charge < -0.3 is 9.64 Å². The minimum Gasteiger partial charge on any atom is -0.374 e. The molecule has 0 saturated carbocycles. The number of morpholine rings is 1. The van der Waals surface area contributed by atoms with Crippen LogP contribution in [0.5, 0.6) is 0 Å². The van der Waals surface area contributed by atoms with Gasteiger partial charge in [0.05, 0.1) is 12.7 Å². The van der Waals surface area contributed by atoms with Crippen molar-refractivity contribution >= 4 is 0 Å². The summed E-state index contributed by atoms with van der Waals surface area (Å²) in [6.45, 7) is 7.45. The standard InChI is InChI=1S/C23H30N2O/c1-3-7-20(8-4-1)17-25-15-16-26-23(19-25)18-24-13-11-22(12-14-24)21-9-5-2-6-10-21/h1-10,22-23H,11-19H2. The molecule has 1 unspecified atom stereocenters. The molecule has 3 heteroatoms. The van der Waals surface area contributed by atoms with Crippen molar-refractivity contribution in [2.75, 3.05) is 39.3 Å². The number of hydrogen-bond acceptors (Lipinski definition) is 3. The van der Waals surface area contributed by atoms with Crippen LogP contribution >= 0.6 is 0 Å². The third-order valence-corrected chi connectivity index (χ3v) is 5.79. The van der Waals surface area contributed by atoms with Crippen molar-refractivity contribution in [2.24, 2.45) is 0 Å². The molecule has 3 nitrogen and oxygen atoms in total. The molecule has 2 aliphatic heterocycles. The first-order valence-electron chi connectivity index (χ1n) is 10.0. The van der Waals surface area contributed by atoms with Crippen molar-refractivity contribution < 1.29 is 4.74 Å². The minimum atomic E-state index is 0.348. The number of hydrogen-bond donors (Lipinski definition) is 0. The van der Waals surface area contributed by atoms with Crippen molar-refractivity contribution in [3.63, 3.8) is 0 Å². The fraction of sp³-hybridized carbons (Fsp3) is 0.478. The molecule has 0 aliphatic carbocycles. The zero-order valence-corrected chi connectivity index (χ0v) is 15.6. The lowest BCUT2D eigenvalue weighted by molar-refractivity contribution is -0.0482. The molecular formula is C23H30N2O. The molecule has 2 aliphatic rings. The van der Waals surface area contributed by atoms with Gasteiger partial charge in [0.2, 0.25) is 0 Å². The molecule has 0 amide bonds. The number of benzene rings is 2. The second kappa shape index (κ2) is 8.81. The van der Waals surface area contributed by atoms with E-state index in [-0.39, 0.29) is 0 Å². The van der Waals surface area contributed by atoms with Crippen LogP contribution < -0.4 is 0 Å². The highest BCUT2D eigenvalue weighted by molar-refractivity contribution is 5.20. The number of nitrogens with zero attached hydrogens (tertiary/aromatic N) is 2. The molecule has 0 N–H and O–H groups in total. The van der Waals surface area contributed by atoms with Crippen LogP contribution in [0, 0.1) is 0 Å². The number of likely N-dealkylation sites (tertiary alicyclic amines) is 1. The second-order valence-corrected chi connectivity index (χ2v) is 7.70. The summed E-state index contributed by atoms with van der Waals surface area (Å²) in [4.78, 5) is 5.15. The van der Waals surface area contributed by atoms with E-state index in [1.807, 2.05) is 0 Å². The Kier molecular flexibility index (Phi) is 6.00. The van der Waals surface area contributed by atoms with Crippen LogP contribution in [0.15, 0.2) is 60.7 Å². The molecule has 2 fully saturated rings. The largest absolute Gasteiger partial charge is 0.374 e. The Bertz CT molecular complexity index is 652. The van der Waals surface area contributed by atoms with Gasteiger partial charge in [-0.25, -0.2) is 0 Å². The summed E-state index contributed by atoms with van der Waals surface area (Å²) in [5.41, 5.74) is 2.91. The summed E-state index contributed by atoms with van der Waals surface area (Å²) in [6, 6.07) is 21.8. The van der Waals surface area contributed by atoms with Gasteiger partial charge in [0.15, 0.2) is 0 Å². The zero-order chi connectivity index (χ0) is 17.6. The summed E-state index contributed by atoms with van der Waals surface area (Å²) in [5, 5.41) is 0. The molecule has 2 aromatic carbocycles. The molecule has 2 aromatic rings. The maximum Gasteiger partial charge on any atom is 0.0829 e. The van der Waals surface area contributed by atoms with Crippen LogP contribution in [-0.2, 0) is 11.3 Å². The third kappa shape index (κ3) is 4.73. The summed E-state index contributed by atoms with van der Waals surface area (Å²) in [6.07, 6.45) is 2.88. The second-order valence-electron chi connectivity index (χ2n) is 7.70. The molecule has 0 spiro atoms. The van der Waals surface area contributed by atoms with Gasteiger partial charge in [-0.2, -0.15) is 0 Å². The summed E-state index contributed by atoms with van der Waals surface area (Å²) >= 11 is 0. The first-order valence-corrected chi connectivity index (χ1v) is 10.0. The normalized spacial score (nSPS) is 23.2. The van der Waals surface area contributed by atoms with E-state index in [4.69, 9.17) is 4.74 Å². The molecular weight excluding hydrogens is 320 g/mol. The van der Waals surface area contributed by atoms with Gasteiger partial charge in [0.1, 0.15) is 0 Å². The number of ether oxygens (including phenoxy) is 1. The Labute approximate surface area is 157 Å². The lowest BCUT2D eigenvalue weighted by Gasteiger charge is -2.38. The van der Waals surface area contributed by atoms with Crippen LogP contribution in [-0.4, -0.2) is 55.2 Å². The Balaban J connectivity index is 1.24. The molecule has 2 heterocycles. The van der Waals surface area contributed by atoms with E-state index >= 15 is 0 Å². The van der Waals surface area contributed by atoms with Gasteiger partial charge in [-0.3, -0.25) is 4.90 Å². The first kappa shape index (κ1) is 17.7. The quantitative estimate of drug-likeness (QED) is 0.816. The van der Waals surface area contributed by atoms with Gasteiger partial charge in [0, 0.05) is 26.2 Å². The van der Waals surface area contributed by atoms with E-state index < -0.39 is 0 Å². The van der Waals surface area contributed by atoms with Crippen LogP contribution in [0.4, 0.5) is 0 Å². The molecule has 138 valence electrons. The summed E-state index contributed by atoms with van der Waals surface area (Å²) in [5.74, 6) is 0.731. The highest BCUT2D eigenvalue weighted by Crippen LogP contribution is 2.28. The van der Waals surface area contributed by atoms with E-state index in [2.05, 4.69) is 70.5 Å². The molecule has 2 saturated heterocycles. The maximum absolute atomic E-state index is 6.08. The van der Waals surface area contributed by atoms with E-state index in [0.717, 1.165) is 38.7 Å². The minimum absolute atomic E-state index is 0.348. The van der Waals surface area contributed by atoms with E-state index in [1.54, 1.807) is 0 Å². The van der Waals surface area contributed by atoms with E-state index in [0.29, 0.717) is 6.10 Å². The summed E-state index contributed by atoms with van der Waals surface area (Å²) in [7, 11) is 0. The van der Waals surface area contributed by atoms with E-state index in [9.17, 15) is 0 Å². The zero-order valence-electron chi connectivity index (χ0n) is 15.6. The number of rotatable bonds is 5. The van der Waals surface area contributed by atoms with Crippen molar-refractivity contribution in [2.45, 2.75) is 31.4 Å². The lowest BCUT2D eigenvalue weighted by Crippen LogP contribution is -2.48. The van der Waals surface area contributed by atoms with Gasteiger partial charge in [-0.1, -0.05) is 60.7 Å². The van der Waals surface area contributed by atoms with Crippen LogP contribution in [0.25, 0.3) is 0 Å². The highest BCUT2D eigenvalue weighted by atomic mass is 16.5. The van der Waals surface area contributed by atoms with Crippen molar-refractivity contribution in [3.05, 3.63) is 71.8 Å². The lowest BCUT2D eigenvalue weighted by atomic mass is 9.89. The van der Waals surface area contributed by atoms with Gasteiger partial charge in [0.25, 0.3) is 0 Å². The van der Waals surface area contributed by atoms with E-state index in [1.165, 1.54) is 37.1 Å². The Morgan fingerprint density at radius 1 is 0.808 bits per heavy atom. The number of piperidine rings is 1. The molecule has 1 atom stereocenters. The van der Waals surface area contributed by atoms with Crippen molar-refractivity contribution in [1.82, 2.24) is 9.80 Å². The Hall–Kier alpha value is -1.68. The topological polar surface area (TPSA) is 15.7 Å². The van der Waals surface area contributed by atoms with Gasteiger partial charge in [-0.05, 0) is 43.0 Å². The Morgan fingerprint density at radius 3 is 2.23 bits per heavy atom. The van der Waals surface area contributed by atoms with Crippen LogP contribution in [0.3, 0.4) is 0 Å². The Morgan fingerprint density at radius 2 is 1.50 bits per heavy atom. The maximum atomic E-state index is 6.08. The molecule has 0 radical (unpaired) electrons. The smallest absolute Gasteiger partial charge is 0.0829 e. The van der Waals surface area contributed by atoms with Crippen LogP contribution in [0.2, 0.25) is 0 Å². The van der Waals surface area contributed by atoms with Gasteiger partial charge >= 0.3 is 0 Å². The fourth-order valence-corrected chi connectivity index (χ4v) is 4.34. The third-order valence-electron chi connectivity index (χ3n) is 5.79. The molecule has 4 rings (SSSR count). The highest BCUT2D eigenvalue weighted by Gasteiger charge is 2.26. The first-order chi connectivity index (χ1) is 12.9. The predicted octanol–water partition coefficient (Wildman–Crippen LogP) is 3.77.